The van der Waals surface area contributed by atoms with E-state index < -0.39 is 10.8 Å². The van der Waals surface area contributed by atoms with Gasteiger partial charge >= 0.3 is 0 Å². The highest BCUT2D eigenvalue weighted by Gasteiger charge is 2.22. The average molecular weight is 428 g/mol. The minimum atomic E-state index is -0.904. The summed E-state index contributed by atoms with van der Waals surface area (Å²) in [6.45, 7) is 6.86. The molecule has 1 aliphatic rings. The molecule has 1 unspecified atom stereocenters. The molecule has 30 heavy (non-hydrogen) atoms. The maximum absolute atomic E-state index is 12.3. The molecule has 1 atom stereocenters. The van der Waals surface area contributed by atoms with E-state index in [4.69, 9.17) is 9.73 Å². The molecule has 3 rings (SSSR count). The molecule has 0 saturated heterocycles. The predicted molar refractivity (Wildman–Crippen MR) is 125 cm³/mol. The second-order valence-corrected chi connectivity index (χ2v) is 9.34. The molecular weight excluding hydrogens is 394 g/mol. The summed E-state index contributed by atoms with van der Waals surface area (Å²) in [5.74, 6) is 3.56. The van der Waals surface area contributed by atoms with Gasteiger partial charge in [-0.2, -0.15) is 0 Å². The second-order valence-electron chi connectivity index (χ2n) is 7.76. The fourth-order valence-electron chi connectivity index (χ4n) is 3.04. The van der Waals surface area contributed by atoms with Gasteiger partial charge in [0.25, 0.3) is 0 Å². The Hall–Kier alpha value is -2.34. The Kier molecular flexibility index (Phi) is 8.75. The van der Waals surface area contributed by atoms with Gasteiger partial charge in [0, 0.05) is 41.0 Å². The lowest BCUT2D eigenvalue weighted by atomic mass is 10.1. The Bertz CT molecular complexity index is 851. The van der Waals surface area contributed by atoms with E-state index in [0.29, 0.717) is 24.6 Å². The molecule has 2 aromatic carbocycles. The summed E-state index contributed by atoms with van der Waals surface area (Å²) in [4.78, 5) is 4.71. The number of hydrogen-bond donors (Lipinski definition) is 2. The molecule has 162 valence electrons. The lowest BCUT2D eigenvalue weighted by Gasteiger charge is -2.13. The number of aryl methyl sites for hydroxylation is 1. The first-order valence-electron chi connectivity index (χ1n) is 10.8. The molecule has 1 fully saturated rings. The molecule has 1 saturated carbocycles. The van der Waals surface area contributed by atoms with Crippen LogP contribution in [-0.4, -0.2) is 35.6 Å². The summed E-state index contributed by atoms with van der Waals surface area (Å²) in [7, 11) is -0.904. The predicted octanol–water partition coefficient (Wildman–Crippen LogP) is 3.79. The highest BCUT2D eigenvalue weighted by atomic mass is 32.2. The van der Waals surface area contributed by atoms with Crippen LogP contribution in [0.1, 0.15) is 36.5 Å². The van der Waals surface area contributed by atoms with Crippen LogP contribution in [-0.2, 0) is 23.1 Å². The van der Waals surface area contributed by atoms with Gasteiger partial charge in [-0.15, -0.1) is 0 Å². The summed E-state index contributed by atoms with van der Waals surface area (Å²) in [5.41, 5.74) is 3.39. The van der Waals surface area contributed by atoms with Crippen LogP contribution in [0.5, 0.6) is 5.75 Å². The summed E-state index contributed by atoms with van der Waals surface area (Å²) >= 11 is 0. The molecule has 1 aliphatic carbocycles. The lowest BCUT2D eigenvalue weighted by Crippen LogP contribution is -2.39. The van der Waals surface area contributed by atoms with E-state index >= 15 is 0 Å². The van der Waals surface area contributed by atoms with E-state index in [0.717, 1.165) is 41.9 Å². The molecule has 0 spiro atoms. The van der Waals surface area contributed by atoms with Crippen molar-refractivity contribution in [3.63, 3.8) is 0 Å². The summed E-state index contributed by atoms with van der Waals surface area (Å²) in [6.07, 6.45) is 2.55. The number of aliphatic imine (C=N–C) groups is 1. The van der Waals surface area contributed by atoms with Gasteiger partial charge in [0.15, 0.2) is 5.96 Å². The Labute approximate surface area is 182 Å². The van der Waals surface area contributed by atoms with Crippen molar-refractivity contribution >= 4 is 16.8 Å². The number of rotatable bonds is 11. The third-order valence-corrected chi connectivity index (χ3v) is 6.25. The lowest BCUT2D eigenvalue weighted by molar-refractivity contribution is 0.296. The van der Waals surface area contributed by atoms with Crippen molar-refractivity contribution in [2.45, 2.75) is 39.0 Å². The summed E-state index contributed by atoms with van der Waals surface area (Å²) in [5, 5.41) is 6.57. The maximum Gasteiger partial charge on any atom is 0.191 e. The molecule has 5 nitrogen and oxygen atoms in total. The second kappa shape index (κ2) is 11.7. The van der Waals surface area contributed by atoms with Crippen LogP contribution in [0.15, 0.2) is 53.5 Å². The first-order valence-corrected chi connectivity index (χ1v) is 12.3. The van der Waals surface area contributed by atoms with Gasteiger partial charge in [-0.1, -0.05) is 42.5 Å². The van der Waals surface area contributed by atoms with E-state index in [1.807, 2.05) is 37.3 Å². The molecule has 0 heterocycles. The first-order chi connectivity index (χ1) is 14.6. The smallest absolute Gasteiger partial charge is 0.191 e. The van der Waals surface area contributed by atoms with Crippen LogP contribution in [0, 0.1) is 12.8 Å². The maximum atomic E-state index is 12.3. The van der Waals surface area contributed by atoms with Crippen LogP contribution >= 0.6 is 0 Å². The zero-order chi connectivity index (χ0) is 21.2. The number of nitrogens with zero attached hydrogens (tertiary/aromatic N) is 1. The van der Waals surface area contributed by atoms with Crippen molar-refractivity contribution in [1.29, 1.82) is 0 Å². The zero-order valence-electron chi connectivity index (χ0n) is 18.0. The average Bonchev–Trinajstić information content (AvgIpc) is 3.56. The molecule has 0 amide bonds. The van der Waals surface area contributed by atoms with E-state index in [9.17, 15) is 4.21 Å². The van der Waals surface area contributed by atoms with E-state index in [-0.39, 0.29) is 0 Å². The minimum absolute atomic E-state index is 0.544. The van der Waals surface area contributed by atoms with Gasteiger partial charge in [-0.05, 0) is 49.8 Å². The quantitative estimate of drug-likeness (QED) is 0.423. The number of hydrogen-bond acceptors (Lipinski definition) is 3. The molecule has 0 bridgehead atoms. The van der Waals surface area contributed by atoms with Crippen LogP contribution in [0.2, 0.25) is 0 Å². The van der Waals surface area contributed by atoms with E-state index in [1.165, 1.54) is 18.4 Å². The van der Waals surface area contributed by atoms with Gasteiger partial charge in [0.05, 0.1) is 13.2 Å². The van der Waals surface area contributed by atoms with Crippen LogP contribution in [0.3, 0.4) is 0 Å². The molecule has 0 radical (unpaired) electrons. The Balaban J connectivity index is 1.52. The molecule has 0 aromatic heterocycles. The molecule has 6 heteroatoms. The molecular formula is C24H33N3O2S. The van der Waals surface area contributed by atoms with Crippen molar-refractivity contribution < 1.29 is 8.95 Å². The fraction of sp³-hybridized carbons (Fsp3) is 0.458. The Morgan fingerprint density at radius 1 is 1.17 bits per heavy atom. The number of guanidine groups is 1. The van der Waals surface area contributed by atoms with Crippen molar-refractivity contribution in [3.05, 3.63) is 65.2 Å². The Morgan fingerprint density at radius 3 is 2.70 bits per heavy atom. The monoisotopic (exact) mass is 427 g/mol. The van der Waals surface area contributed by atoms with Crippen LogP contribution in [0.25, 0.3) is 0 Å². The van der Waals surface area contributed by atoms with E-state index in [2.05, 4.69) is 35.8 Å². The van der Waals surface area contributed by atoms with Gasteiger partial charge in [-0.25, -0.2) is 4.99 Å². The highest BCUT2D eigenvalue weighted by Crippen LogP contribution is 2.30. The van der Waals surface area contributed by atoms with Crippen molar-refractivity contribution in [2.24, 2.45) is 10.9 Å². The van der Waals surface area contributed by atoms with Gasteiger partial charge in [-0.3, -0.25) is 4.21 Å². The molecule has 2 aromatic rings. The van der Waals surface area contributed by atoms with Crippen LogP contribution in [0.4, 0.5) is 0 Å². The zero-order valence-corrected chi connectivity index (χ0v) is 18.8. The van der Waals surface area contributed by atoms with Gasteiger partial charge < -0.3 is 15.4 Å². The first kappa shape index (κ1) is 22.3. The normalized spacial score (nSPS) is 14.9. The molecule has 2 N–H and O–H groups in total. The van der Waals surface area contributed by atoms with Gasteiger partial charge in [0.1, 0.15) is 5.75 Å². The minimum Gasteiger partial charge on any atom is -0.493 e. The largest absolute Gasteiger partial charge is 0.493 e. The summed E-state index contributed by atoms with van der Waals surface area (Å²) in [6, 6.07) is 16.3. The number of nitrogens with one attached hydrogen (secondary N) is 2. The fourth-order valence-corrected chi connectivity index (χ4v) is 4.08. The van der Waals surface area contributed by atoms with E-state index in [1.54, 1.807) is 0 Å². The SMILES string of the molecule is CCNC(=NCc1ccc(C)cc1OCC1CC1)NCCS(=O)Cc1ccccc1. The standard InChI is InChI=1S/C24H33N3O2S/c1-3-25-24(26-13-14-30(28)18-21-7-5-4-6-8-21)27-16-22-12-9-19(2)15-23(22)29-17-20-10-11-20/h4-9,12,15,20H,3,10-11,13-14,16-18H2,1-2H3,(H2,25,26,27). The van der Waals surface area contributed by atoms with Crippen molar-refractivity contribution in [1.82, 2.24) is 10.6 Å². The van der Waals surface area contributed by atoms with Crippen LogP contribution < -0.4 is 15.4 Å². The Morgan fingerprint density at radius 2 is 1.97 bits per heavy atom. The summed E-state index contributed by atoms with van der Waals surface area (Å²) < 4.78 is 18.4. The highest BCUT2D eigenvalue weighted by molar-refractivity contribution is 7.84. The van der Waals surface area contributed by atoms with Crippen molar-refractivity contribution in [2.75, 3.05) is 25.4 Å². The third-order valence-electron chi connectivity index (χ3n) is 4.94. The third kappa shape index (κ3) is 7.82. The number of benzene rings is 2. The van der Waals surface area contributed by atoms with Gasteiger partial charge in [0.2, 0.25) is 0 Å². The number of ether oxygens (including phenoxy) is 1. The topological polar surface area (TPSA) is 62.7 Å². The van der Waals surface area contributed by atoms with Crippen molar-refractivity contribution in [3.8, 4) is 5.75 Å². The molecule has 0 aliphatic heterocycles.